The molecule has 0 aliphatic heterocycles. The fourth-order valence-electron chi connectivity index (χ4n) is 2.56. The molecular weight excluding hydrogens is 347 g/mol. The lowest BCUT2D eigenvalue weighted by atomic mass is 10.0. The van der Waals surface area contributed by atoms with Crippen LogP contribution in [-0.2, 0) is 4.74 Å². The van der Waals surface area contributed by atoms with E-state index in [9.17, 15) is 9.18 Å². The Bertz CT molecular complexity index is 903. The largest absolute Gasteiger partial charge is 0.377 e. The number of nitrogens with one attached hydrogen (secondary N) is 2. The lowest BCUT2D eigenvalue weighted by Crippen LogP contribution is -2.21. The Morgan fingerprint density at radius 2 is 1.96 bits per heavy atom. The molecule has 3 aromatic rings. The van der Waals surface area contributed by atoms with Gasteiger partial charge in [0.15, 0.2) is 0 Å². The third kappa shape index (κ3) is 4.98. The molecule has 0 saturated carbocycles. The summed E-state index contributed by atoms with van der Waals surface area (Å²) < 4.78 is 19.1. The van der Waals surface area contributed by atoms with Crippen molar-refractivity contribution in [1.82, 2.24) is 9.97 Å². The highest BCUT2D eigenvalue weighted by Crippen LogP contribution is 2.32. The summed E-state index contributed by atoms with van der Waals surface area (Å²) in [6, 6.07) is 7.31. The number of pyridine rings is 2. The molecule has 1 aromatic carbocycles. The first-order valence-electron chi connectivity index (χ1n) is 8.67. The molecule has 3 rings (SSSR count). The number of halogens is 1. The first-order chi connectivity index (χ1) is 13.1. The van der Waals surface area contributed by atoms with Crippen LogP contribution in [0, 0.1) is 5.82 Å². The van der Waals surface area contributed by atoms with E-state index in [2.05, 4.69) is 20.6 Å². The van der Waals surface area contributed by atoms with Crippen LogP contribution in [0.3, 0.4) is 0 Å². The van der Waals surface area contributed by atoms with Crippen LogP contribution in [0.25, 0.3) is 10.9 Å². The van der Waals surface area contributed by atoms with Gasteiger partial charge in [-0.25, -0.2) is 9.18 Å². The summed E-state index contributed by atoms with van der Waals surface area (Å²) in [4.78, 5) is 20.5. The second-order valence-corrected chi connectivity index (χ2v) is 5.45. The molecule has 1 unspecified atom stereocenters. The van der Waals surface area contributed by atoms with Gasteiger partial charge in [-0.3, -0.25) is 9.97 Å². The number of methoxy groups -OCH3 is 1. The molecule has 142 valence electrons. The zero-order valence-electron chi connectivity index (χ0n) is 15.8. The Kier molecular flexibility index (Phi) is 7.19. The smallest absolute Gasteiger partial charge is 0.323 e. The molecule has 6 nitrogen and oxygen atoms in total. The molecule has 2 heterocycles. The molecule has 0 spiro atoms. The van der Waals surface area contributed by atoms with Crippen molar-refractivity contribution in [1.29, 1.82) is 0 Å². The van der Waals surface area contributed by atoms with E-state index in [1.807, 2.05) is 20.8 Å². The summed E-state index contributed by atoms with van der Waals surface area (Å²) in [6.45, 7) is 5.82. The van der Waals surface area contributed by atoms with Crippen molar-refractivity contribution < 1.29 is 13.9 Å². The van der Waals surface area contributed by atoms with Crippen LogP contribution >= 0.6 is 0 Å². The number of aromatic nitrogens is 2. The van der Waals surface area contributed by atoms with Gasteiger partial charge < -0.3 is 15.4 Å². The van der Waals surface area contributed by atoms with E-state index < -0.39 is 6.03 Å². The molecule has 2 N–H and O–H groups in total. The van der Waals surface area contributed by atoms with Crippen molar-refractivity contribution in [3.63, 3.8) is 0 Å². The van der Waals surface area contributed by atoms with Crippen molar-refractivity contribution in [2.45, 2.75) is 26.9 Å². The molecule has 2 aromatic heterocycles. The number of benzene rings is 1. The van der Waals surface area contributed by atoms with E-state index in [1.54, 1.807) is 31.5 Å². The molecule has 0 aliphatic carbocycles. The molecule has 0 saturated heterocycles. The van der Waals surface area contributed by atoms with Crippen LogP contribution in [0.1, 0.15) is 32.4 Å². The Labute approximate surface area is 157 Å². The van der Waals surface area contributed by atoms with Gasteiger partial charge in [0.2, 0.25) is 0 Å². The molecule has 0 fully saturated rings. The van der Waals surface area contributed by atoms with Crippen LogP contribution in [0.5, 0.6) is 0 Å². The minimum atomic E-state index is -0.449. The average molecular weight is 370 g/mol. The van der Waals surface area contributed by atoms with Crippen molar-refractivity contribution in [3.8, 4) is 0 Å². The molecular formula is C20H23FN4O2. The van der Waals surface area contributed by atoms with Crippen molar-refractivity contribution in [3.05, 3.63) is 60.3 Å². The van der Waals surface area contributed by atoms with Crippen LogP contribution in [0.4, 0.5) is 20.6 Å². The number of urea groups is 1. The van der Waals surface area contributed by atoms with Crippen molar-refractivity contribution in [2.24, 2.45) is 0 Å². The van der Waals surface area contributed by atoms with Crippen molar-refractivity contribution >= 4 is 28.3 Å². The first kappa shape index (κ1) is 20.3. The number of hydrogen-bond donors (Lipinski definition) is 2. The summed E-state index contributed by atoms with van der Waals surface area (Å²) in [5, 5.41) is 6.01. The summed E-state index contributed by atoms with van der Waals surface area (Å²) in [6.07, 6.45) is 4.32. The number of amides is 2. The maximum Gasteiger partial charge on any atom is 0.323 e. The van der Waals surface area contributed by atoms with Gasteiger partial charge in [0.05, 0.1) is 35.4 Å². The molecule has 2 amide bonds. The second kappa shape index (κ2) is 9.59. The van der Waals surface area contributed by atoms with Gasteiger partial charge in [0.25, 0.3) is 0 Å². The average Bonchev–Trinajstić information content (AvgIpc) is 2.69. The SMILES string of the molecule is CC.COC(C)c1c(NC(=O)Nc2cccnc2)cnc2ccc(F)cc12. The number of fused-ring (bicyclic) bond motifs is 1. The topological polar surface area (TPSA) is 76.1 Å². The Hall–Kier alpha value is -3.06. The molecule has 7 heteroatoms. The zero-order valence-corrected chi connectivity index (χ0v) is 15.8. The van der Waals surface area contributed by atoms with Gasteiger partial charge in [-0.05, 0) is 37.3 Å². The number of nitrogens with zero attached hydrogens (tertiary/aromatic N) is 2. The van der Waals surface area contributed by atoms with Gasteiger partial charge >= 0.3 is 6.03 Å². The monoisotopic (exact) mass is 370 g/mol. The highest BCUT2D eigenvalue weighted by molar-refractivity contribution is 6.01. The maximum absolute atomic E-state index is 13.7. The molecule has 1 atom stereocenters. The first-order valence-corrected chi connectivity index (χ1v) is 8.67. The maximum atomic E-state index is 13.7. The Balaban J connectivity index is 0.00000126. The molecule has 27 heavy (non-hydrogen) atoms. The van der Waals surface area contributed by atoms with E-state index in [1.165, 1.54) is 24.5 Å². The van der Waals surface area contributed by atoms with E-state index >= 15 is 0 Å². The van der Waals surface area contributed by atoms with Gasteiger partial charge in [-0.15, -0.1) is 0 Å². The molecule has 0 bridgehead atoms. The third-order valence-corrected chi connectivity index (χ3v) is 3.80. The lowest BCUT2D eigenvalue weighted by molar-refractivity contribution is 0.121. The fourth-order valence-corrected chi connectivity index (χ4v) is 2.56. The van der Waals surface area contributed by atoms with Crippen molar-refractivity contribution in [2.75, 3.05) is 17.7 Å². The highest BCUT2D eigenvalue weighted by atomic mass is 19.1. The number of ether oxygens (including phenoxy) is 1. The van der Waals surface area contributed by atoms with Gasteiger partial charge in [-0.2, -0.15) is 0 Å². The number of rotatable bonds is 4. The zero-order chi connectivity index (χ0) is 19.8. The second-order valence-electron chi connectivity index (χ2n) is 5.45. The third-order valence-electron chi connectivity index (χ3n) is 3.80. The van der Waals surface area contributed by atoms with Crippen LogP contribution < -0.4 is 10.6 Å². The number of carbonyl (C=O) groups excluding carboxylic acids is 1. The summed E-state index contributed by atoms with van der Waals surface area (Å²) in [5.41, 5.74) is 2.29. The highest BCUT2D eigenvalue weighted by Gasteiger charge is 2.17. The van der Waals surface area contributed by atoms with Crippen LogP contribution in [0.2, 0.25) is 0 Å². The fraction of sp³-hybridized carbons (Fsp3) is 0.250. The van der Waals surface area contributed by atoms with Crippen LogP contribution in [-0.4, -0.2) is 23.1 Å². The van der Waals surface area contributed by atoms with Gasteiger partial charge in [-0.1, -0.05) is 13.8 Å². The van der Waals surface area contributed by atoms with E-state index in [0.29, 0.717) is 27.8 Å². The summed E-state index contributed by atoms with van der Waals surface area (Å²) in [7, 11) is 1.55. The predicted octanol–water partition coefficient (Wildman–Crippen LogP) is 5.15. The number of anilines is 2. The number of hydrogen-bond acceptors (Lipinski definition) is 4. The molecule has 0 aliphatic rings. The Morgan fingerprint density at radius 1 is 1.19 bits per heavy atom. The predicted molar refractivity (Wildman–Crippen MR) is 105 cm³/mol. The normalized spacial score (nSPS) is 11.3. The lowest BCUT2D eigenvalue weighted by Gasteiger charge is -2.18. The van der Waals surface area contributed by atoms with E-state index in [0.717, 1.165) is 0 Å². The molecule has 0 radical (unpaired) electrons. The Morgan fingerprint density at radius 3 is 2.63 bits per heavy atom. The van der Waals surface area contributed by atoms with Crippen LogP contribution in [0.15, 0.2) is 48.9 Å². The minimum absolute atomic E-state index is 0.360. The van der Waals surface area contributed by atoms with Gasteiger partial charge in [0.1, 0.15) is 5.82 Å². The van der Waals surface area contributed by atoms with E-state index in [-0.39, 0.29) is 11.9 Å². The standard InChI is InChI=1S/C18H17FN4O2.C2H6/c1-11(25-2)17-14-8-12(19)5-6-15(14)21-10-16(17)23-18(24)22-13-4-3-7-20-9-13;1-2/h3-11H,1-2H3,(H2,22,23,24);1-2H3. The van der Waals surface area contributed by atoms with Gasteiger partial charge in [0, 0.05) is 24.3 Å². The van der Waals surface area contributed by atoms with E-state index in [4.69, 9.17) is 4.74 Å². The summed E-state index contributed by atoms with van der Waals surface area (Å²) >= 11 is 0. The number of carbonyl (C=O) groups is 1. The summed E-state index contributed by atoms with van der Waals surface area (Å²) in [5.74, 6) is -0.379. The quantitative estimate of drug-likeness (QED) is 0.666. The minimum Gasteiger partial charge on any atom is -0.377 e.